The SMILES string of the molecule is B[n+]1c(NCCC)nc(N(CC)OCc2ccccc2)nc1NCCC. The van der Waals surface area contributed by atoms with E-state index in [1.54, 1.807) is 5.06 Å². The number of nitrogens with one attached hydrogen (secondary N) is 2. The number of benzene rings is 1. The van der Waals surface area contributed by atoms with Gasteiger partial charge in [-0.15, -0.1) is 0 Å². The normalized spacial score (nSPS) is 10.6. The Labute approximate surface area is 157 Å². The third-order valence-electron chi connectivity index (χ3n) is 3.85. The molecule has 2 rings (SSSR count). The van der Waals surface area contributed by atoms with E-state index in [0.29, 0.717) is 19.1 Å². The molecule has 2 aromatic rings. The molecule has 0 atom stereocenters. The van der Waals surface area contributed by atoms with Crippen LogP contribution in [0.15, 0.2) is 30.3 Å². The highest BCUT2D eigenvalue weighted by Gasteiger charge is 2.21. The molecule has 0 unspecified atom stereocenters. The number of hydroxylamine groups is 1. The van der Waals surface area contributed by atoms with Gasteiger partial charge in [-0.05, 0) is 25.3 Å². The van der Waals surface area contributed by atoms with Crippen LogP contribution in [0.3, 0.4) is 0 Å². The van der Waals surface area contributed by atoms with Gasteiger partial charge in [0.15, 0.2) is 0 Å². The van der Waals surface area contributed by atoms with Crippen LogP contribution in [0.4, 0.5) is 17.8 Å². The standard InChI is InChI=1S/C18H29BN6O/c1-4-12-20-16-22-18(23-17(25(16)19)21-13-5-2)24(6-3)26-14-15-10-8-7-9-11-15/h7-11H,4-6,12-14,19H2,1-3H3,(H,20,21,22,23)/p+1. The first kappa shape index (κ1) is 20.0. The van der Waals surface area contributed by atoms with Crippen molar-refractivity contribution in [2.45, 2.75) is 40.2 Å². The van der Waals surface area contributed by atoms with Crippen molar-refractivity contribution in [3.63, 3.8) is 0 Å². The smallest absolute Gasteiger partial charge is 0.308 e. The number of anilines is 3. The maximum absolute atomic E-state index is 5.97. The second-order valence-electron chi connectivity index (χ2n) is 6.04. The van der Waals surface area contributed by atoms with Crippen LogP contribution in [0, 0.1) is 0 Å². The highest BCUT2D eigenvalue weighted by Crippen LogP contribution is 2.14. The van der Waals surface area contributed by atoms with Gasteiger partial charge in [0, 0.05) is 19.6 Å². The second-order valence-corrected chi connectivity index (χ2v) is 6.04. The number of hydrogen-bond acceptors (Lipinski definition) is 6. The van der Waals surface area contributed by atoms with Gasteiger partial charge < -0.3 is 10.6 Å². The second kappa shape index (κ2) is 10.6. The van der Waals surface area contributed by atoms with Crippen LogP contribution >= 0.6 is 0 Å². The predicted octanol–water partition coefficient (Wildman–Crippen LogP) is 1.76. The monoisotopic (exact) mass is 357 g/mol. The van der Waals surface area contributed by atoms with E-state index in [1.807, 2.05) is 49.7 Å². The summed E-state index contributed by atoms with van der Waals surface area (Å²) in [6, 6.07) is 10.1. The minimum atomic E-state index is 0.481. The van der Waals surface area contributed by atoms with Gasteiger partial charge in [-0.2, -0.15) is 0 Å². The Kier molecular flexibility index (Phi) is 8.14. The number of aromatic nitrogens is 3. The first-order chi connectivity index (χ1) is 12.7. The molecule has 7 nitrogen and oxygen atoms in total. The molecule has 0 aliphatic rings. The van der Waals surface area contributed by atoms with Crippen molar-refractivity contribution in [1.29, 1.82) is 0 Å². The van der Waals surface area contributed by atoms with Crippen LogP contribution in [0.25, 0.3) is 0 Å². The van der Waals surface area contributed by atoms with Crippen molar-refractivity contribution < 1.29 is 9.32 Å². The summed E-state index contributed by atoms with van der Waals surface area (Å²) >= 11 is 0. The van der Waals surface area contributed by atoms with Gasteiger partial charge in [0.2, 0.25) is 0 Å². The van der Waals surface area contributed by atoms with Gasteiger partial charge in [0.05, 0.1) is 0 Å². The number of hydrogen-bond donors (Lipinski definition) is 2. The first-order valence-electron chi connectivity index (χ1n) is 9.39. The zero-order valence-electron chi connectivity index (χ0n) is 16.3. The van der Waals surface area contributed by atoms with Crippen LogP contribution in [-0.2, 0) is 11.4 Å². The summed E-state index contributed by atoms with van der Waals surface area (Å²) in [6.07, 6.45) is 2.05. The van der Waals surface area contributed by atoms with Crippen LogP contribution in [0.5, 0.6) is 0 Å². The molecule has 8 heteroatoms. The molecule has 0 aliphatic carbocycles. The summed E-state index contributed by atoms with van der Waals surface area (Å²) in [7, 11) is 1.96. The van der Waals surface area contributed by atoms with Gasteiger partial charge >= 0.3 is 17.8 Å². The molecule has 0 aliphatic heterocycles. The fourth-order valence-corrected chi connectivity index (χ4v) is 2.38. The highest BCUT2D eigenvalue weighted by molar-refractivity contribution is 5.96. The van der Waals surface area contributed by atoms with Crippen LogP contribution in [0.1, 0.15) is 39.2 Å². The minimum absolute atomic E-state index is 0.481. The van der Waals surface area contributed by atoms with E-state index >= 15 is 0 Å². The summed E-state index contributed by atoms with van der Waals surface area (Å²) in [6.45, 7) is 9.14. The maximum atomic E-state index is 5.97. The van der Waals surface area contributed by atoms with E-state index in [9.17, 15) is 0 Å². The van der Waals surface area contributed by atoms with Gasteiger partial charge in [0.25, 0.3) is 7.98 Å². The van der Waals surface area contributed by atoms with Crippen molar-refractivity contribution >= 4 is 25.8 Å². The average molecular weight is 357 g/mol. The number of rotatable bonds is 11. The third kappa shape index (κ3) is 5.59. The fraction of sp³-hybridized carbons (Fsp3) is 0.500. The van der Waals surface area contributed by atoms with Crippen LogP contribution < -0.4 is 20.2 Å². The third-order valence-corrected chi connectivity index (χ3v) is 3.85. The molecule has 0 saturated carbocycles. The summed E-state index contributed by atoms with van der Waals surface area (Å²) in [5.41, 5.74) is 1.11. The zero-order valence-corrected chi connectivity index (χ0v) is 16.3. The summed E-state index contributed by atoms with van der Waals surface area (Å²) in [4.78, 5) is 15.3. The summed E-state index contributed by atoms with van der Waals surface area (Å²) in [5.74, 6) is 2.10. The Balaban J connectivity index is 2.22. The predicted molar refractivity (Wildman–Crippen MR) is 108 cm³/mol. The molecule has 1 aromatic heterocycles. The van der Waals surface area contributed by atoms with Crippen molar-refractivity contribution in [3.8, 4) is 0 Å². The lowest BCUT2D eigenvalue weighted by atomic mass is 10.2. The lowest BCUT2D eigenvalue weighted by Crippen LogP contribution is -2.42. The van der Waals surface area contributed by atoms with Crippen molar-refractivity contribution in [1.82, 2.24) is 9.97 Å². The summed E-state index contributed by atoms with van der Waals surface area (Å²) < 4.78 is 1.94. The largest absolute Gasteiger partial charge is 0.347 e. The molecule has 140 valence electrons. The molecule has 0 bridgehead atoms. The van der Waals surface area contributed by atoms with E-state index in [0.717, 1.165) is 43.4 Å². The quantitative estimate of drug-likeness (QED) is 0.472. The Hall–Kier alpha value is -2.35. The van der Waals surface area contributed by atoms with E-state index in [4.69, 9.17) is 4.84 Å². The van der Waals surface area contributed by atoms with Crippen molar-refractivity contribution in [2.75, 3.05) is 35.3 Å². The van der Waals surface area contributed by atoms with Gasteiger partial charge in [0.1, 0.15) is 6.61 Å². The Morgan fingerprint density at radius 1 is 1.00 bits per heavy atom. The highest BCUT2D eigenvalue weighted by atomic mass is 16.7. The Morgan fingerprint density at radius 2 is 1.58 bits per heavy atom. The molecule has 26 heavy (non-hydrogen) atoms. The topological polar surface area (TPSA) is 66.2 Å². The molecule has 2 N–H and O–H groups in total. The maximum Gasteiger partial charge on any atom is 0.347 e. The molecule has 0 fully saturated rings. The lowest BCUT2D eigenvalue weighted by molar-refractivity contribution is -0.496. The lowest BCUT2D eigenvalue weighted by Gasteiger charge is -2.19. The molecule has 0 spiro atoms. The molecule has 1 heterocycles. The van der Waals surface area contributed by atoms with E-state index in [-0.39, 0.29) is 0 Å². The van der Waals surface area contributed by atoms with Crippen molar-refractivity contribution in [3.05, 3.63) is 35.9 Å². The van der Waals surface area contributed by atoms with Gasteiger partial charge in [-0.1, -0.05) is 54.1 Å². The molecule has 0 saturated heterocycles. The molecule has 0 radical (unpaired) electrons. The molecule has 1 aromatic carbocycles. The Morgan fingerprint density at radius 3 is 2.08 bits per heavy atom. The van der Waals surface area contributed by atoms with E-state index in [1.165, 1.54) is 0 Å². The van der Waals surface area contributed by atoms with Crippen LogP contribution in [-0.4, -0.2) is 37.6 Å². The average Bonchev–Trinajstić information content (AvgIpc) is 2.68. The summed E-state index contributed by atoms with van der Waals surface area (Å²) in [5, 5.41) is 8.46. The Bertz CT molecular complexity index is 641. The van der Waals surface area contributed by atoms with E-state index in [2.05, 4.69) is 34.4 Å². The van der Waals surface area contributed by atoms with Crippen LogP contribution in [0.2, 0.25) is 0 Å². The van der Waals surface area contributed by atoms with Gasteiger partial charge in [-0.25, -0.2) is 5.06 Å². The van der Waals surface area contributed by atoms with E-state index < -0.39 is 0 Å². The number of nitrogens with zero attached hydrogens (tertiary/aromatic N) is 4. The van der Waals surface area contributed by atoms with Gasteiger partial charge in [-0.3, -0.25) is 9.32 Å². The van der Waals surface area contributed by atoms with Crippen molar-refractivity contribution in [2.24, 2.45) is 0 Å². The first-order valence-corrected chi connectivity index (χ1v) is 9.39. The molecular formula is C18H30BN6O+. The minimum Gasteiger partial charge on any atom is -0.308 e. The fourth-order valence-electron chi connectivity index (χ4n) is 2.38. The molecule has 0 amide bonds. The molecular weight excluding hydrogens is 327 g/mol. The zero-order chi connectivity index (χ0) is 18.8.